The molecule has 1 aliphatic carbocycles. The Kier molecular flexibility index (Phi) is 3.60. The van der Waals surface area contributed by atoms with Crippen molar-refractivity contribution in [1.82, 2.24) is 9.97 Å². The van der Waals surface area contributed by atoms with Gasteiger partial charge in [-0.15, -0.1) is 11.3 Å². The lowest BCUT2D eigenvalue weighted by molar-refractivity contribution is 0.481. The quantitative estimate of drug-likeness (QED) is 0.717. The molecule has 1 aliphatic rings. The van der Waals surface area contributed by atoms with E-state index in [2.05, 4.69) is 28.8 Å². The molecule has 0 radical (unpaired) electrons. The minimum Gasteiger partial charge on any atom is -0.464 e. The van der Waals surface area contributed by atoms with Crippen LogP contribution in [0.1, 0.15) is 35.3 Å². The second kappa shape index (κ2) is 5.64. The van der Waals surface area contributed by atoms with Crippen molar-refractivity contribution in [3.8, 4) is 0 Å². The predicted molar refractivity (Wildman–Crippen MR) is 94.2 cm³/mol. The Morgan fingerprint density at radius 2 is 2.22 bits per heavy atom. The zero-order valence-electron chi connectivity index (χ0n) is 13.8. The first-order chi connectivity index (χ1) is 11.1. The number of hydrogen-bond donors (Lipinski definition) is 0. The number of aryl methyl sites for hydroxylation is 2. The Morgan fingerprint density at radius 3 is 3.00 bits per heavy atom. The van der Waals surface area contributed by atoms with E-state index in [1.165, 1.54) is 28.7 Å². The summed E-state index contributed by atoms with van der Waals surface area (Å²) in [5, 5.41) is 1.25. The highest BCUT2D eigenvalue weighted by Crippen LogP contribution is 2.40. The smallest absolute Gasteiger partial charge is 0.141 e. The van der Waals surface area contributed by atoms with Crippen LogP contribution in [0.15, 0.2) is 22.9 Å². The lowest BCUT2D eigenvalue weighted by Gasteiger charge is -2.21. The van der Waals surface area contributed by atoms with Gasteiger partial charge >= 0.3 is 0 Å². The Balaban J connectivity index is 1.74. The molecule has 3 aromatic rings. The topological polar surface area (TPSA) is 42.2 Å². The highest BCUT2D eigenvalue weighted by Gasteiger charge is 2.24. The zero-order valence-corrected chi connectivity index (χ0v) is 14.6. The van der Waals surface area contributed by atoms with Gasteiger partial charge in [-0.1, -0.05) is 6.92 Å². The largest absolute Gasteiger partial charge is 0.464 e. The maximum atomic E-state index is 5.71. The van der Waals surface area contributed by atoms with E-state index >= 15 is 0 Å². The van der Waals surface area contributed by atoms with Gasteiger partial charge in [-0.05, 0) is 49.8 Å². The van der Waals surface area contributed by atoms with Crippen LogP contribution in [0, 0.1) is 12.8 Å². The molecule has 23 heavy (non-hydrogen) atoms. The van der Waals surface area contributed by atoms with Gasteiger partial charge in [0, 0.05) is 11.9 Å². The molecule has 0 amide bonds. The van der Waals surface area contributed by atoms with Crippen molar-refractivity contribution in [2.75, 3.05) is 11.9 Å². The Morgan fingerprint density at radius 1 is 1.35 bits per heavy atom. The average molecular weight is 327 g/mol. The summed E-state index contributed by atoms with van der Waals surface area (Å²) in [6.45, 7) is 5.04. The number of fused-ring (bicyclic) bond motifs is 3. The fourth-order valence-corrected chi connectivity index (χ4v) is 4.77. The summed E-state index contributed by atoms with van der Waals surface area (Å²) in [4.78, 5) is 13.9. The molecule has 120 valence electrons. The minimum absolute atomic E-state index is 0.723. The van der Waals surface area contributed by atoms with Crippen molar-refractivity contribution in [1.29, 1.82) is 0 Å². The van der Waals surface area contributed by atoms with Crippen molar-refractivity contribution < 1.29 is 4.42 Å². The maximum absolute atomic E-state index is 5.71. The molecule has 0 saturated carbocycles. The summed E-state index contributed by atoms with van der Waals surface area (Å²) >= 11 is 1.84. The molecule has 0 fully saturated rings. The standard InChI is InChI=1S/C18H21N3OS/c1-11-4-7-14-15(8-11)23-18-16(14)17(19-10-20-18)21(3)9-13-6-5-12(2)22-13/h5-6,10-11H,4,7-9H2,1-3H3/t11-/m0/s1. The van der Waals surface area contributed by atoms with Gasteiger partial charge in [0.25, 0.3) is 0 Å². The molecule has 4 rings (SSSR count). The first-order valence-corrected chi connectivity index (χ1v) is 8.95. The van der Waals surface area contributed by atoms with E-state index in [9.17, 15) is 0 Å². The van der Waals surface area contributed by atoms with Crippen molar-refractivity contribution >= 4 is 27.4 Å². The molecule has 4 nitrogen and oxygen atoms in total. The van der Waals surface area contributed by atoms with Crippen molar-refractivity contribution in [3.63, 3.8) is 0 Å². The van der Waals surface area contributed by atoms with Crippen LogP contribution in [-0.4, -0.2) is 17.0 Å². The summed E-state index contributed by atoms with van der Waals surface area (Å²) in [5.74, 6) is 3.71. The van der Waals surface area contributed by atoms with Gasteiger partial charge in [0.1, 0.15) is 28.5 Å². The molecule has 5 heteroatoms. The Hall–Kier alpha value is -1.88. The van der Waals surface area contributed by atoms with Crippen LogP contribution in [0.4, 0.5) is 5.82 Å². The van der Waals surface area contributed by atoms with E-state index < -0.39 is 0 Å². The minimum atomic E-state index is 0.723. The highest BCUT2D eigenvalue weighted by molar-refractivity contribution is 7.19. The Bertz CT molecular complexity index is 851. The summed E-state index contributed by atoms with van der Waals surface area (Å²) in [6.07, 6.45) is 5.27. The van der Waals surface area contributed by atoms with Crippen LogP contribution in [0.5, 0.6) is 0 Å². The molecule has 0 aromatic carbocycles. The fourth-order valence-electron chi connectivity index (χ4n) is 3.43. The molecule has 0 spiro atoms. The SMILES string of the molecule is Cc1ccc(CN(C)c2ncnc3sc4c(c23)CC[C@H](C)C4)o1. The molecule has 1 atom stereocenters. The van der Waals surface area contributed by atoms with Gasteiger partial charge < -0.3 is 9.32 Å². The molecular formula is C18H21N3OS. The van der Waals surface area contributed by atoms with Crippen LogP contribution >= 0.6 is 11.3 Å². The van der Waals surface area contributed by atoms with E-state index in [0.717, 1.165) is 41.1 Å². The molecule has 0 bridgehead atoms. The van der Waals surface area contributed by atoms with Crippen molar-refractivity contribution in [2.24, 2.45) is 5.92 Å². The van der Waals surface area contributed by atoms with E-state index in [1.807, 2.05) is 30.4 Å². The summed E-state index contributed by atoms with van der Waals surface area (Å²) in [6, 6.07) is 4.04. The monoisotopic (exact) mass is 327 g/mol. The van der Waals surface area contributed by atoms with Crippen molar-refractivity contribution in [3.05, 3.63) is 40.4 Å². The maximum Gasteiger partial charge on any atom is 0.141 e. The zero-order chi connectivity index (χ0) is 16.0. The van der Waals surface area contributed by atoms with Gasteiger partial charge in [0.2, 0.25) is 0 Å². The number of thiophene rings is 1. The summed E-state index contributed by atoms with van der Waals surface area (Å²) in [5.41, 5.74) is 1.47. The second-order valence-electron chi connectivity index (χ2n) is 6.60. The van der Waals surface area contributed by atoms with E-state index in [4.69, 9.17) is 4.42 Å². The van der Waals surface area contributed by atoms with Crippen LogP contribution < -0.4 is 4.90 Å². The molecule has 3 aromatic heterocycles. The number of nitrogens with zero attached hydrogens (tertiary/aromatic N) is 3. The van der Waals surface area contributed by atoms with Crippen LogP contribution in [0.2, 0.25) is 0 Å². The lowest BCUT2D eigenvalue weighted by Crippen LogP contribution is -2.18. The predicted octanol–water partition coefficient (Wildman–Crippen LogP) is 4.35. The number of anilines is 1. The molecule has 0 aliphatic heterocycles. The van der Waals surface area contributed by atoms with Gasteiger partial charge in [-0.2, -0.15) is 0 Å². The van der Waals surface area contributed by atoms with Gasteiger partial charge in [-0.25, -0.2) is 9.97 Å². The number of aromatic nitrogens is 2. The second-order valence-corrected chi connectivity index (χ2v) is 7.68. The fraction of sp³-hybridized carbons (Fsp3) is 0.444. The molecule has 0 saturated heterocycles. The van der Waals surface area contributed by atoms with Crippen LogP contribution in [0.25, 0.3) is 10.2 Å². The molecule has 0 N–H and O–H groups in total. The summed E-state index contributed by atoms with van der Waals surface area (Å²) < 4.78 is 5.71. The van der Waals surface area contributed by atoms with Gasteiger partial charge in [0.05, 0.1) is 11.9 Å². The third kappa shape index (κ3) is 2.63. The summed E-state index contributed by atoms with van der Waals surface area (Å²) in [7, 11) is 2.08. The van der Waals surface area contributed by atoms with Crippen LogP contribution in [0.3, 0.4) is 0 Å². The van der Waals surface area contributed by atoms with E-state index in [0.29, 0.717) is 0 Å². The number of rotatable bonds is 3. The molecule has 3 heterocycles. The normalized spacial score (nSPS) is 17.4. The first-order valence-electron chi connectivity index (χ1n) is 8.13. The average Bonchev–Trinajstić information content (AvgIpc) is 3.09. The number of hydrogen-bond acceptors (Lipinski definition) is 5. The van der Waals surface area contributed by atoms with Crippen molar-refractivity contribution in [2.45, 2.75) is 39.7 Å². The molecule has 0 unspecified atom stereocenters. The lowest BCUT2D eigenvalue weighted by atomic mass is 9.89. The third-order valence-corrected chi connectivity index (χ3v) is 5.78. The first kappa shape index (κ1) is 14.7. The van der Waals surface area contributed by atoms with E-state index in [1.54, 1.807) is 6.33 Å². The van der Waals surface area contributed by atoms with Gasteiger partial charge in [-0.3, -0.25) is 0 Å². The van der Waals surface area contributed by atoms with Crippen LogP contribution in [-0.2, 0) is 19.4 Å². The third-order valence-electron chi connectivity index (χ3n) is 4.62. The molecular weight excluding hydrogens is 306 g/mol. The highest BCUT2D eigenvalue weighted by atomic mass is 32.1. The van der Waals surface area contributed by atoms with E-state index in [-0.39, 0.29) is 0 Å². The Labute approximate surface area is 140 Å². The number of furan rings is 1. The van der Waals surface area contributed by atoms with Gasteiger partial charge in [0.15, 0.2) is 0 Å².